The molecule has 0 saturated heterocycles. The fraction of sp³-hybridized carbons (Fsp3) is 0.125. The lowest BCUT2D eigenvalue weighted by Gasteiger charge is -2.10. The Kier molecular flexibility index (Phi) is 5.38. The summed E-state index contributed by atoms with van der Waals surface area (Å²) in [5.74, 6) is 0.712. The lowest BCUT2D eigenvalue weighted by atomic mass is 10.2. The number of hydrogen-bond acceptors (Lipinski definition) is 4. The third kappa shape index (κ3) is 3.99. The van der Waals surface area contributed by atoms with Crippen molar-refractivity contribution >= 4 is 29.3 Å². The smallest absolute Gasteiger partial charge is 0.248 e. The molecule has 0 unspecified atom stereocenters. The number of halogens is 1. The number of nitrogens with zero attached hydrogens (tertiary/aromatic N) is 1. The van der Waals surface area contributed by atoms with Crippen LogP contribution in [0.15, 0.2) is 42.7 Å². The van der Waals surface area contributed by atoms with Gasteiger partial charge in [0, 0.05) is 24.2 Å². The number of carbonyl (C=O) groups is 1. The Bertz CT molecular complexity index is 687. The molecular formula is C16H15ClN2O3. The zero-order valence-electron chi connectivity index (χ0n) is 12.2. The molecule has 0 radical (unpaired) electrons. The summed E-state index contributed by atoms with van der Waals surface area (Å²) in [6, 6.07) is 6.85. The van der Waals surface area contributed by atoms with Crippen LogP contribution in [0, 0.1) is 0 Å². The second-order valence-corrected chi connectivity index (χ2v) is 4.70. The predicted molar refractivity (Wildman–Crippen MR) is 86.5 cm³/mol. The van der Waals surface area contributed by atoms with Gasteiger partial charge in [0.05, 0.1) is 19.2 Å². The molecule has 0 saturated carbocycles. The van der Waals surface area contributed by atoms with E-state index in [9.17, 15) is 4.79 Å². The van der Waals surface area contributed by atoms with E-state index in [4.69, 9.17) is 21.1 Å². The first-order valence-electron chi connectivity index (χ1n) is 6.44. The molecule has 114 valence electrons. The van der Waals surface area contributed by atoms with Crippen LogP contribution in [0.5, 0.6) is 11.5 Å². The third-order valence-electron chi connectivity index (χ3n) is 2.83. The van der Waals surface area contributed by atoms with Crippen LogP contribution in [0.3, 0.4) is 0 Å². The Morgan fingerprint density at radius 1 is 1.23 bits per heavy atom. The summed E-state index contributed by atoms with van der Waals surface area (Å²) in [4.78, 5) is 15.7. The Balaban J connectivity index is 2.13. The molecule has 5 nitrogen and oxygen atoms in total. The number of ether oxygens (including phenoxy) is 2. The van der Waals surface area contributed by atoms with Crippen LogP contribution < -0.4 is 14.8 Å². The third-order valence-corrected chi connectivity index (χ3v) is 3.11. The molecule has 0 atom stereocenters. The first kappa shape index (κ1) is 15.9. The maximum absolute atomic E-state index is 11.8. The first-order valence-corrected chi connectivity index (χ1v) is 6.82. The molecule has 2 rings (SSSR count). The second-order valence-electron chi connectivity index (χ2n) is 4.30. The second kappa shape index (κ2) is 7.47. The molecule has 1 amide bonds. The van der Waals surface area contributed by atoms with E-state index in [1.807, 2.05) is 0 Å². The van der Waals surface area contributed by atoms with Gasteiger partial charge in [0.15, 0.2) is 11.5 Å². The van der Waals surface area contributed by atoms with E-state index in [1.165, 1.54) is 20.3 Å². The Labute approximate surface area is 133 Å². The van der Waals surface area contributed by atoms with Crippen molar-refractivity contribution in [1.82, 2.24) is 4.98 Å². The van der Waals surface area contributed by atoms with Crippen LogP contribution in [0.1, 0.15) is 5.56 Å². The van der Waals surface area contributed by atoms with Gasteiger partial charge in [-0.25, -0.2) is 0 Å². The summed E-state index contributed by atoms with van der Waals surface area (Å²) < 4.78 is 10.4. The van der Waals surface area contributed by atoms with Crippen molar-refractivity contribution in [1.29, 1.82) is 0 Å². The van der Waals surface area contributed by atoms with Gasteiger partial charge in [0.25, 0.3) is 0 Å². The van der Waals surface area contributed by atoms with E-state index < -0.39 is 0 Å². The molecule has 0 fully saturated rings. The summed E-state index contributed by atoms with van der Waals surface area (Å²) in [7, 11) is 3.04. The van der Waals surface area contributed by atoms with Crippen LogP contribution in [-0.4, -0.2) is 25.1 Å². The number of nitrogens with one attached hydrogen (secondary N) is 1. The normalized spacial score (nSPS) is 10.5. The molecular weight excluding hydrogens is 304 g/mol. The van der Waals surface area contributed by atoms with Crippen LogP contribution in [-0.2, 0) is 4.79 Å². The number of anilines is 1. The molecule has 0 bridgehead atoms. The molecule has 6 heteroatoms. The monoisotopic (exact) mass is 318 g/mol. The van der Waals surface area contributed by atoms with Crippen molar-refractivity contribution in [3.8, 4) is 11.5 Å². The molecule has 0 aliphatic carbocycles. The van der Waals surface area contributed by atoms with E-state index in [-0.39, 0.29) is 5.91 Å². The highest BCUT2D eigenvalue weighted by Gasteiger charge is 2.09. The van der Waals surface area contributed by atoms with E-state index in [2.05, 4.69) is 10.3 Å². The van der Waals surface area contributed by atoms with Gasteiger partial charge in [-0.3, -0.25) is 9.78 Å². The van der Waals surface area contributed by atoms with Crippen molar-refractivity contribution in [2.75, 3.05) is 19.5 Å². The Morgan fingerprint density at radius 2 is 1.95 bits per heavy atom. The fourth-order valence-corrected chi connectivity index (χ4v) is 2.12. The molecule has 0 aliphatic heterocycles. The van der Waals surface area contributed by atoms with Crippen molar-refractivity contribution < 1.29 is 14.3 Å². The molecule has 0 aliphatic rings. The van der Waals surface area contributed by atoms with E-state index >= 15 is 0 Å². The maximum Gasteiger partial charge on any atom is 0.248 e. The minimum Gasteiger partial charge on any atom is -0.493 e. The highest BCUT2D eigenvalue weighted by Crippen LogP contribution is 2.36. The summed E-state index contributed by atoms with van der Waals surface area (Å²) >= 11 is 6.11. The van der Waals surface area contributed by atoms with Crippen molar-refractivity contribution in [2.45, 2.75) is 0 Å². The number of aromatic nitrogens is 1. The van der Waals surface area contributed by atoms with Gasteiger partial charge in [-0.15, -0.1) is 0 Å². The van der Waals surface area contributed by atoms with Crippen molar-refractivity contribution in [2.24, 2.45) is 0 Å². The standard InChI is InChI=1S/C16H15ClN2O3/c1-21-14-10-11(9-13(17)16(14)22-2)3-4-15(20)19-12-5-7-18-8-6-12/h3-10H,1-2H3,(H,18,19,20)/b4-3+. The zero-order valence-corrected chi connectivity index (χ0v) is 12.9. The van der Waals surface area contributed by atoms with Gasteiger partial charge in [-0.2, -0.15) is 0 Å². The molecule has 1 aromatic carbocycles. The van der Waals surface area contributed by atoms with Gasteiger partial charge in [-0.05, 0) is 35.9 Å². The van der Waals surface area contributed by atoms with Crippen LogP contribution >= 0.6 is 11.6 Å². The molecule has 1 heterocycles. The fourth-order valence-electron chi connectivity index (χ4n) is 1.83. The van der Waals surface area contributed by atoms with E-state index in [0.29, 0.717) is 22.2 Å². The lowest BCUT2D eigenvalue weighted by molar-refractivity contribution is -0.111. The van der Waals surface area contributed by atoms with Crippen molar-refractivity contribution in [3.63, 3.8) is 0 Å². The SMILES string of the molecule is COc1cc(/C=C/C(=O)Nc2ccncc2)cc(Cl)c1OC. The molecule has 1 aromatic heterocycles. The van der Waals surface area contributed by atoms with E-state index in [1.54, 1.807) is 42.7 Å². The lowest BCUT2D eigenvalue weighted by Crippen LogP contribution is -2.07. The Hall–Kier alpha value is -2.53. The molecule has 2 aromatic rings. The predicted octanol–water partition coefficient (Wildman–Crippen LogP) is 3.40. The largest absolute Gasteiger partial charge is 0.493 e. The van der Waals surface area contributed by atoms with Crippen LogP contribution in [0.25, 0.3) is 6.08 Å². The van der Waals surface area contributed by atoms with Gasteiger partial charge < -0.3 is 14.8 Å². The number of amides is 1. The quantitative estimate of drug-likeness (QED) is 0.858. The van der Waals surface area contributed by atoms with Gasteiger partial charge in [0.1, 0.15) is 0 Å². The minimum absolute atomic E-state index is 0.253. The van der Waals surface area contributed by atoms with E-state index in [0.717, 1.165) is 5.56 Å². The summed E-state index contributed by atoms with van der Waals surface area (Å²) in [5, 5.41) is 3.14. The highest BCUT2D eigenvalue weighted by atomic mass is 35.5. The average molecular weight is 319 g/mol. The van der Waals surface area contributed by atoms with Crippen LogP contribution in [0.2, 0.25) is 5.02 Å². The molecule has 22 heavy (non-hydrogen) atoms. The number of methoxy groups -OCH3 is 2. The van der Waals surface area contributed by atoms with Crippen LogP contribution in [0.4, 0.5) is 5.69 Å². The van der Waals surface area contributed by atoms with Gasteiger partial charge >= 0.3 is 0 Å². The van der Waals surface area contributed by atoms with Crippen molar-refractivity contribution in [3.05, 3.63) is 53.3 Å². The van der Waals surface area contributed by atoms with Gasteiger partial charge in [-0.1, -0.05) is 11.6 Å². The zero-order chi connectivity index (χ0) is 15.9. The molecule has 0 spiro atoms. The number of benzene rings is 1. The number of carbonyl (C=O) groups excluding carboxylic acids is 1. The minimum atomic E-state index is -0.253. The molecule has 1 N–H and O–H groups in total. The topological polar surface area (TPSA) is 60.5 Å². The van der Waals surface area contributed by atoms with Gasteiger partial charge in [0.2, 0.25) is 5.91 Å². The number of rotatable bonds is 5. The highest BCUT2D eigenvalue weighted by molar-refractivity contribution is 6.32. The first-order chi connectivity index (χ1) is 10.6. The summed E-state index contributed by atoms with van der Waals surface area (Å²) in [6.07, 6.45) is 6.27. The number of pyridine rings is 1. The number of hydrogen-bond donors (Lipinski definition) is 1. The maximum atomic E-state index is 11.8. The Morgan fingerprint density at radius 3 is 2.59 bits per heavy atom. The summed E-state index contributed by atoms with van der Waals surface area (Å²) in [5.41, 5.74) is 1.41. The average Bonchev–Trinajstić information content (AvgIpc) is 2.53. The summed E-state index contributed by atoms with van der Waals surface area (Å²) in [6.45, 7) is 0.